The summed E-state index contributed by atoms with van der Waals surface area (Å²) in [6.07, 6.45) is 4.23. The first-order valence-corrected chi connectivity index (χ1v) is 10.9. The third-order valence-electron chi connectivity index (χ3n) is 5.53. The van der Waals surface area contributed by atoms with Crippen LogP contribution in [-0.2, 0) is 16.1 Å². The van der Waals surface area contributed by atoms with Crippen molar-refractivity contribution >= 4 is 23.4 Å². The number of nitrogens with zero attached hydrogens (tertiary/aromatic N) is 1. The Hall–Kier alpha value is -2.73. The smallest absolute Gasteiger partial charge is 0.261 e. The van der Waals surface area contributed by atoms with Crippen molar-refractivity contribution < 1.29 is 19.1 Å². The maximum Gasteiger partial charge on any atom is 0.261 e. The molecule has 0 radical (unpaired) electrons. The highest BCUT2D eigenvalue weighted by atomic mass is 35.5. The topological polar surface area (TPSA) is 67.9 Å². The van der Waals surface area contributed by atoms with Gasteiger partial charge in [-0.2, -0.15) is 0 Å². The third kappa shape index (κ3) is 6.62. The molecule has 2 aromatic carbocycles. The van der Waals surface area contributed by atoms with Crippen molar-refractivity contribution in [1.82, 2.24) is 10.2 Å². The number of carbonyl (C=O) groups is 2. The number of ether oxygens (including phenoxy) is 2. The lowest BCUT2D eigenvalue weighted by Gasteiger charge is -2.29. The lowest BCUT2D eigenvalue weighted by atomic mass is 10.1. The van der Waals surface area contributed by atoms with Crippen LogP contribution in [0.5, 0.6) is 11.5 Å². The van der Waals surface area contributed by atoms with Crippen LogP contribution in [0.2, 0.25) is 5.02 Å². The summed E-state index contributed by atoms with van der Waals surface area (Å²) in [5.74, 6) is 0.828. The zero-order chi connectivity index (χ0) is 22.2. The van der Waals surface area contributed by atoms with Gasteiger partial charge in [0.2, 0.25) is 5.91 Å². The van der Waals surface area contributed by atoms with Crippen molar-refractivity contribution in [3.05, 3.63) is 59.1 Å². The molecule has 1 aliphatic rings. The van der Waals surface area contributed by atoms with E-state index in [2.05, 4.69) is 5.32 Å². The first kappa shape index (κ1) is 22.9. The average Bonchev–Trinajstić information content (AvgIpc) is 3.29. The van der Waals surface area contributed by atoms with Gasteiger partial charge in [-0.25, -0.2) is 0 Å². The molecule has 0 bridgehead atoms. The van der Waals surface area contributed by atoms with E-state index in [1.807, 2.05) is 24.3 Å². The highest BCUT2D eigenvalue weighted by molar-refractivity contribution is 6.30. The molecule has 1 unspecified atom stereocenters. The van der Waals surface area contributed by atoms with Gasteiger partial charge in [-0.3, -0.25) is 9.59 Å². The van der Waals surface area contributed by atoms with Crippen molar-refractivity contribution in [3.63, 3.8) is 0 Å². The Labute approximate surface area is 188 Å². The third-order valence-corrected chi connectivity index (χ3v) is 5.78. The van der Waals surface area contributed by atoms with E-state index in [0.717, 1.165) is 31.2 Å². The molecule has 166 valence electrons. The molecule has 1 atom stereocenters. The number of hydrogen-bond acceptors (Lipinski definition) is 4. The van der Waals surface area contributed by atoms with Gasteiger partial charge < -0.3 is 19.7 Å². The number of rotatable bonds is 9. The van der Waals surface area contributed by atoms with Crippen LogP contribution in [0.15, 0.2) is 48.5 Å². The first-order chi connectivity index (χ1) is 15.0. The van der Waals surface area contributed by atoms with Gasteiger partial charge in [-0.05, 0) is 61.7 Å². The molecule has 1 fully saturated rings. The van der Waals surface area contributed by atoms with Gasteiger partial charge in [0, 0.05) is 17.6 Å². The zero-order valence-electron chi connectivity index (χ0n) is 18.0. The van der Waals surface area contributed by atoms with Gasteiger partial charge in [0.05, 0.1) is 7.11 Å². The van der Waals surface area contributed by atoms with Crippen molar-refractivity contribution in [2.24, 2.45) is 0 Å². The van der Waals surface area contributed by atoms with Crippen LogP contribution in [0.3, 0.4) is 0 Å². The van der Waals surface area contributed by atoms with E-state index in [-0.39, 0.29) is 31.0 Å². The van der Waals surface area contributed by atoms with Crippen LogP contribution in [-0.4, -0.2) is 42.5 Å². The summed E-state index contributed by atoms with van der Waals surface area (Å²) in [6.45, 7) is 1.86. The second-order valence-corrected chi connectivity index (χ2v) is 8.22. The minimum Gasteiger partial charge on any atom is -0.497 e. The van der Waals surface area contributed by atoms with E-state index in [4.69, 9.17) is 21.1 Å². The zero-order valence-corrected chi connectivity index (χ0v) is 18.7. The molecule has 31 heavy (non-hydrogen) atoms. The minimum atomic E-state index is -0.631. The molecule has 1 aliphatic carbocycles. The van der Waals surface area contributed by atoms with Gasteiger partial charge in [0.1, 0.15) is 17.5 Å². The number of hydrogen-bond donors (Lipinski definition) is 1. The maximum atomic E-state index is 13.1. The fourth-order valence-electron chi connectivity index (χ4n) is 3.70. The molecule has 1 saturated carbocycles. The standard InChI is InChI=1S/C24H29ClN2O4/c1-17(24(29)26-20-7-3-4-8-20)27(15-18-6-5-9-22(14-18)30-2)23(28)16-31-21-12-10-19(25)11-13-21/h5-6,9-14,17,20H,3-4,7-8,15-16H2,1-2H3,(H,26,29). The van der Waals surface area contributed by atoms with Gasteiger partial charge in [-0.1, -0.05) is 36.6 Å². The molecule has 1 N–H and O–H groups in total. The van der Waals surface area contributed by atoms with Gasteiger partial charge >= 0.3 is 0 Å². The van der Waals surface area contributed by atoms with Gasteiger partial charge in [0.15, 0.2) is 6.61 Å². The van der Waals surface area contributed by atoms with Crippen molar-refractivity contribution in [2.45, 2.75) is 51.2 Å². The Kier molecular flexibility index (Phi) is 8.18. The van der Waals surface area contributed by atoms with E-state index in [1.54, 1.807) is 43.2 Å². The van der Waals surface area contributed by atoms with Crippen LogP contribution >= 0.6 is 11.6 Å². The normalized spacial score (nSPS) is 14.7. The Bertz CT molecular complexity index is 881. The second kappa shape index (κ2) is 11.0. The number of nitrogens with one attached hydrogen (secondary N) is 1. The molecule has 0 aliphatic heterocycles. The molecule has 0 saturated heterocycles. The van der Waals surface area contributed by atoms with E-state index in [1.165, 1.54) is 0 Å². The first-order valence-electron chi connectivity index (χ1n) is 10.6. The Morgan fingerprint density at radius 1 is 1.13 bits per heavy atom. The fraction of sp³-hybridized carbons (Fsp3) is 0.417. The fourth-order valence-corrected chi connectivity index (χ4v) is 3.83. The van der Waals surface area contributed by atoms with E-state index >= 15 is 0 Å². The molecule has 2 amide bonds. The maximum absolute atomic E-state index is 13.1. The average molecular weight is 445 g/mol. The number of amides is 2. The minimum absolute atomic E-state index is 0.144. The number of carbonyl (C=O) groups excluding carboxylic acids is 2. The molecule has 7 heteroatoms. The highest BCUT2D eigenvalue weighted by Gasteiger charge is 2.28. The molecular formula is C24H29ClN2O4. The van der Waals surface area contributed by atoms with Crippen LogP contribution in [0.4, 0.5) is 0 Å². The summed E-state index contributed by atoms with van der Waals surface area (Å²) < 4.78 is 10.9. The number of benzene rings is 2. The highest BCUT2D eigenvalue weighted by Crippen LogP contribution is 2.20. The summed E-state index contributed by atoms with van der Waals surface area (Å²) in [6, 6.07) is 13.9. The van der Waals surface area contributed by atoms with E-state index < -0.39 is 6.04 Å². The summed E-state index contributed by atoms with van der Waals surface area (Å²) in [5, 5.41) is 3.68. The Balaban J connectivity index is 1.72. The van der Waals surface area contributed by atoms with Crippen molar-refractivity contribution in [3.8, 4) is 11.5 Å². The molecule has 0 spiro atoms. The lowest BCUT2D eigenvalue weighted by molar-refractivity contribution is -0.142. The Morgan fingerprint density at radius 2 is 1.84 bits per heavy atom. The summed E-state index contributed by atoms with van der Waals surface area (Å²) in [4.78, 5) is 27.5. The van der Waals surface area contributed by atoms with Crippen LogP contribution in [0, 0.1) is 0 Å². The van der Waals surface area contributed by atoms with Crippen LogP contribution in [0.25, 0.3) is 0 Å². The second-order valence-electron chi connectivity index (χ2n) is 7.78. The molecule has 2 aromatic rings. The van der Waals surface area contributed by atoms with Crippen molar-refractivity contribution in [1.29, 1.82) is 0 Å². The predicted octanol–water partition coefficient (Wildman–Crippen LogP) is 4.20. The molecular weight excluding hydrogens is 416 g/mol. The summed E-state index contributed by atoms with van der Waals surface area (Å²) in [5.41, 5.74) is 0.875. The van der Waals surface area contributed by atoms with Crippen molar-refractivity contribution in [2.75, 3.05) is 13.7 Å². The number of methoxy groups -OCH3 is 1. The summed E-state index contributed by atoms with van der Waals surface area (Å²) in [7, 11) is 1.60. The molecule has 0 heterocycles. The molecule has 3 rings (SSSR count). The van der Waals surface area contributed by atoms with Crippen LogP contribution in [0.1, 0.15) is 38.2 Å². The summed E-state index contributed by atoms with van der Waals surface area (Å²) >= 11 is 5.90. The molecule has 0 aromatic heterocycles. The van der Waals surface area contributed by atoms with E-state index in [9.17, 15) is 9.59 Å². The lowest BCUT2D eigenvalue weighted by Crippen LogP contribution is -2.50. The largest absolute Gasteiger partial charge is 0.497 e. The van der Waals surface area contributed by atoms with Gasteiger partial charge in [0.25, 0.3) is 5.91 Å². The quantitative estimate of drug-likeness (QED) is 0.629. The monoisotopic (exact) mass is 444 g/mol. The SMILES string of the molecule is COc1cccc(CN(C(=O)COc2ccc(Cl)cc2)C(C)C(=O)NC2CCCC2)c1. The van der Waals surface area contributed by atoms with Crippen LogP contribution < -0.4 is 14.8 Å². The Morgan fingerprint density at radius 3 is 2.52 bits per heavy atom. The molecule has 6 nitrogen and oxygen atoms in total. The van der Waals surface area contributed by atoms with E-state index in [0.29, 0.717) is 16.5 Å². The number of halogens is 1. The van der Waals surface area contributed by atoms with Gasteiger partial charge in [-0.15, -0.1) is 0 Å². The predicted molar refractivity (Wildman–Crippen MR) is 120 cm³/mol.